The molecule has 0 aliphatic rings. The topological polar surface area (TPSA) is 79.5 Å². The molecule has 1 amide bonds. The van der Waals surface area contributed by atoms with Crippen LogP contribution in [-0.4, -0.2) is 17.0 Å². The first kappa shape index (κ1) is 14.6. The van der Waals surface area contributed by atoms with Crippen molar-refractivity contribution in [3.63, 3.8) is 0 Å². The summed E-state index contributed by atoms with van der Waals surface area (Å²) in [5.41, 5.74) is 1.35. The minimum absolute atomic E-state index is 0.265. The standard InChI is InChI=1S/C16H15NO4/c1-2-13-8-9-14(21-13)16(20)17-12-6-3-11(4-7-12)5-10-15(18)19/h3-10H,2H2,1H3,(H,17,20)(H,18,19)/b10-5+. The fourth-order valence-electron chi connectivity index (χ4n) is 1.73. The first-order valence-corrected chi connectivity index (χ1v) is 6.49. The normalized spacial score (nSPS) is 10.7. The molecule has 5 nitrogen and oxygen atoms in total. The summed E-state index contributed by atoms with van der Waals surface area (Å²) < 4.78 is 5.37. The highest BCUT2D eigenvalue weighted by Gasteiger charge is 2.10. The minimum atomic E-state index is -1.00. The fourth-order valence-corrected chi connectivity index (χ4v) is 1.73. The summed E-state index contributed by atoms with van der Waals surface area (Å²) >= 11 is 0. The Labute approximate surface area is 121 Å². The van der Waals surface area contributed by atoms with Gasteiger partial charge in [0.1, 0.15) is 5.76 Å². The van der Waals surface area contributed by atoms with Gasteiger partial charge in [0, 0.05) is 18.2 Å². The molecule has 0 saturated heterocycles. The van der Waals surface area contributed by atoms with Gasteiger partial charge in [0.05, 0.1) is 0 Å². The average Bonchev–Trinajstić information content (AvgIpc) is 2.95. The molecule has 2 rings (SSSR count). The largest absolute Gasteiger partial charge is 0.478 e. The number of rotatable bonds is 5. The number of anilines is 1. The van der Waals surface area contributed by atoms with Gasteiger partial charge in [-0.2, -0.15) is 0 Å². The third-order valence-corrected chi connectivity index (χ3v) is 2.82. The molecule has 5 heteroatoms. The molecule has 0 aliphatic heterocycles. The molecule has 1 aromatic heterocycles. The lowest BCUT2D eigenvalue weighted by Crippen LogP contribution is -2.10. The fraction of sp³-hybridized carbons (Fsp3) is 0.125. The van der Waals surface area contributed by atoms with Gasteiger partial charge in [-0.15, -0.1) is 0 Å². The Hall–Kier alpha value is -2.82. The highest BCUT2D eigenvalue weighted by molar-refractivity contribution is 6.02. The van der Waals surface area contributed by atoms with Gasteiger partial charge in [-0.05, 0) is 35.9 Å². The maximum absolute atomic E-state index is 11.9. The van der Waals surface area contributed by atoms with Crippen LogP contribution >= 0.6 is 0 Å². The van der Waals surface area contributed by atoms with E-state index in [9.17, 15) is 9.59 Å². The smallest absolute Gasteiger partial charge is 0.328 e. The van der Waals surface area contributed by atoms with Gasteiger partial charge in [0.15, 0.2) is 5.76 Å². The second-order valence-electron chi connectivity index (χ2n) is 4.37. The predicted octanol–water partition coefficient (Wildman–Crippen LogP) is 3.19. The van der Waals surface area contributed by atoms with E-state index in [4.69, 9.17) is 9.52 Å². The number of amides is 1. The van der Waals surface area contributed by atoms with Gasteiger partial charge in [0.2, 0.25) is 0 Å². The minimum Gasteiger partial charge on any atom is -0.478 e. The van der Waals surface area contributed by atoms with Crippen molar-refractivity contribution in [2.45, 2.75) is 13.3 Å². The Kier molecular flexibility index (Phi) is 4.56. The third kappa shape index (κ3) is 4.07. The highest BCUT2D eigenvalue weighted by atomic mass is 16.4. The van der Waals surface area contributed by atoms with E-state index >= 15 is 0 Å². The average molecular weight is 285 g/mol. The summed E-state index contributed by atoms with van der Waals surface area (Å²) in [5, 5.41) is 11.3. The molecule has 21 heavy (non-hydrogen) atoms. The number of nitrogens with one attached hydrogen (secondary N) is 1. The maximum Gasteiger partial charge on any atom is 0.328 e. The lowest BCUT2D eigenvalue weighted by atomic mass is 10.2. The number of hydrogen-bond acceptors (Lipinski definition) is 3. The van der Waals surface area contributed by atoms with Crippen LogP contribution in [-0.2, 0) is 11.2 Å². The van der Waals surface area contributed by atoms with E-state index in [1.807, 2.05) is 6.92 Å². The van der Waals surface area contributed by atoms with Gasteiger partial charge in [-0.1, -0.05) is 19.1 Å². The molecule has 2 aromatic rings. The number of carbonyl (C=O) groups is 2. The Morgan fingerprint density at radius 2 is 1.90 bits per heavy atom. The van der Waals surface area contributed by atoms with E-state index in [1.54, 1.807) is 36.4 Å². The van der Waals surface area contributed by atoms with Crippen LogP contribution in [0.3, 0.4) is 0 Å². The third-order valence-electron chi connectivity index (χ3n) is 2.82. The van der Waals surface area contributed by atoms with Crippen molar-refractivity contribution in [3.8, 4) is 0 Å². The number of carboxylic acid groups (broad SMARTS) is 1. The number of aliphatic carboxylic acids is 1. The van der Waals surface area contributed by atoms with E-state index in [-0.39, 0.29) is 11.7 Å². The molecule has 0 spiro atoms. The summed E-state index contributed by atoms with van der Waals surface area (Å²) in [4.78, 5) is 22.4. The van der Waals surface area contributed by atoms with Crippen LogP contribution in [0.25, 0.3) is 6.08 Å². The van der Waals surface area contributed by atoms with Gasteiger partial charge in [-0.25, -0.2) is 4.79 Å². The van der Waals surface area contributed by atoms with Crippen molar-refractivity contribution in [2.24, 2.45) is 0 Å². The second-order valence-corrected chi connectivity index (χ2v) is 4.37. The van der Waals surface area contributed by atoms with E-state index in [2.05, 4.69) is 5.32 Å². The van der Waals surface area contributed by atoms with Gasteiger partial charge < -0.3 is 14.8 Å². The van der Waals surface area contributed by atoms with E-state index < -0.39 is 5.97 Å². The highest BCUT2D eigenvalue weighted by Crippen LogP contribution is 2.14. The molecule has 0 aliphatic carbocycles. The van der Waals surface area contributed by atoms with Crippen LogP contribution in [0.5, 0.6) is 0 Å². The molecular weight excluding hydrogens is 270 g/mol. The first-order chi connectivity index (χ1) is 10.1. The van der Waals surface area contributed by atoms with Crippen molar-refractivity contribution in [2.75, 3.05) is 5.32 Å². The van der Waals surface area contributed by atoms with Crippen molar-refractivity contribution in [3.05, 3.63) is 59.6 Å². The van der Waals surface area contributed by atoms with Crippen LogP contribution in [0.2, 0.25) is 0 Å². The van der Waals surface area contributed by atoms with Gasteiger partial charge in [-0.3, -0.25) is 4.79 Å². The first-order valence-electron chi connectivity index (χ1n) is 6.49. The maximum atomic E-state index is 11.9. The molecule has 108 valence electrons. The van der Waals surface area contributed by atoms with Crippen molar-refractivity contribution in [1.29, 1.82) is 0 Å². The molecular formula is C16H15NO4. The van der Waals surface area contributed by atoms with Crippen LogP contribution in [0.4, 0.5) is 5.69 Å². The molecule has 0 atom stereocenters. The quantitative estimate of drug-likeness (QED) is 0.827. The van der Waals surface area contributed by atoms with Crippen LogP contribution in [0, 0.1) is 0 Å². The number of benzene rings is 1. The second kappa shape index (κ2) is 6.56. The molecule has 2 N–H and O–H groups in total. The molecule has 0 radical (unpaired) electrons. The Balaban J connectivity index is 2.02. The summed E-state index contributed by atoms with van der Waals surface area (Å²) in [6.07, 6.45) is 3.27. The van der Waals surface area contributed by atoms with E-state index in [1.165, 1.54) is 6.08 Å². The molecule has 0 bridgehead atoms. The Bertz CT molecular complexity index is 668. The molecule has 0 saturated carbocycles. The summed E-state index contributed by atoms with van der Waals surface area (Å²) in [6, 6.07) is 10.2. The zero-order valence-electron chi connectivity index (χ0n) is 11.5. The summed E-state index contributed by atoms with van der Waals surface area (Å²) in [7, 11) is 0. The number of carbonyl (C=O) groups excluding carboxylic acids is 1. The molecule has 0 unspecified atom stereocenters. The zero-order chi connectivity index (χ0) is 15.2. The van der Waals surface area contributed by atoms with Crippen molar-refractivity contribution in [1.82, 2.24) is 0 Å². The molecule has 0 fully saturated rings. The van der Waals surface area contributed by atoms with Gasteiger partial charge >= 0.3 is 5.97 Å². The monoisotopic (exact) mass is 285 g/mol. The van der Waals surface area contributed by atoms with Gasteiger partial charge in [0.25, 0.3) is 5.91 Å². The Morgan fingerprint density at radius 1 is 1.19 bits per heavy atom. The number of furan rings is 1. The lowest BCUT2D eigenvalue weighted by Gasteiger charge is -2.03. The van der Waals surface area contributed by atoms with E-state index in [0.717, 1.165) is 23.8 Å². The van der Waals surface area contributed by atoms with Crippen molar-refractivity contribution >= 4 is 23.6 Å². The molecule has 1 aromatic carbocycles. The number of aryl methyl sites for hydroxylation is 1. The SMILES string of the molecule is CCc1ccc(C(=O)Nc2ccc(/C=C/C(=O)O)cc2)o1. The van der Waals surface area contributed by atoms with Crippen LogP contribution in [0.15, 0.2) is 46.9 Å². The summed E-state index contributed by atoms with van der Waals surface area (Å²) in [5.74, 6) is -0.295. The number of carboxylic acids is 1. The zero-order valence-corrected chi connectivity index (χ0v) is 11.5. The number of hydrogen-bond donors (Lipinski definition) is 2. The summed E-state index contributed by atoms with van der Waals surface area (Å²) in [6.45, 7) is 1.95. The Morgan fingerprint density at radius 3 is 2.48 bits per heavy atom. The lowest BCUT2D eigenvalue weighted by molar-refractivity contribution is -0.131. The van der Waals surface area contributed by atoms with Crippen LogP contribution in [0.1, 0.15) is 28.8 Å². The molecule has 1 heterocycles. The van der Waals surface area contributed by atoms with E-state index in [0.29, 0.717) is 5.69 Å². The van der Waals surface area contributed by atoms with Crippen molar-refractivity contribution < 1.29 is 19.1 Å². The predicted molar refractivity (Wildman–Crippen MR) is 79.2 cm³/mol. The van der Waals surface area contributed by atoms with Crippen LogP contribution < -0.4 is 5.32 Å².